The van der Waals surface area contributed by atoms with Gasteiger partial charge in [-0.3, -0.25) is 9.59 Å². The highest BCUT2D eigenvalue weighted by molar-refractivity contribution is 5.79. The summed E-state index contributed by atoms with van der Waals surface area (Å²) in [7, 11) is 0. The third-order valence-electron chi connectivity index (χ3n) is 10.1. The topological polar surface area (TPSA) is 54.4 Å². The highest BCUT2D eigenvalue weighted by Crippen LogP contribution is 2.68. The van der Waals surface area contributed by atoms with Crippen molar-refractivity contribution in [3.63, 3.8) is 0 Å². The van der Waals surface area contributed by atoms with Gasteiger partial charge >= 0.3 is 5.97 Å². The molecule has 0 aromatic heterocycles. The SMILES string of the molecule is C[C@H](CCC(=O)O)C1CC[C@H]2C3CC[C@@H]4CC(=O)CC[C@]4(C)C3CC[C@]12C. The Morgan fingerprint density at radius 1 is 1.07 bits per heavy atom. The van der Waals surface area contributed by atoms with Crippen molar-refractivity contribution in [2.24, 2.45) is 46.3 Å². The average Bonchev–Trinajstić information content (AvgIpc) is 2.97. The molecule has 27 heavy (non-hydrogen) atoms. The number of ketones is 1. The summed E-state index contributed by atoms with van der Waals surface area (Å²) in [5.41, 5.74) is 0.804. The number of Topliss-reactive ketones (excluding diaryl/α,β-unsaturated/α-hetero) is 1. The smallest absolute Gasteiger partial charge is 0.303 e. The van der Waals surface area contributed by atoms with Crippen LogP contribution in [0.4, 0.5) is 0 Å². The maximum absolute atomic E-state index is 12.0. The molecule has 0 aliphatic heterocycles. The number of aliphatic carboxylic acids is 1. The Labute approximate surface area is 164 Å². The van der Waals surface area contributed by atoms with Crippen molar-refractivity contribution < 1.29 is 14.7 Å². The molecule has 152 valence electrons. The number of carboxylic acid groups (broad SMARTS) is 1. The molecule has 0 spiro atoms. The fraction of sp³-hybridized carbons (Fsp3) is 0.917. The van der Waals surface area contributed by atoms with Gasteiger partial charge in [0.1, 0.15) is 5.78 Å². The first-order valence-corrected chi connectivity index (χ1v) is 11.5. The molecular formula is C24H38O3. The molecule has 4 saturated carbocycles. The molecule has 3 nitrogen and oxygen atoms in total. The Morgan fingerprint density at radius 2 is 1.81 bits per heavy atom. The number of hydrogen-bond acceptors (Lipinski definition) is 2. The van der Waals surface area contributed by atoms with Crippen LogP contribution < -0.4 is 0 Å². The fourth-order valence-corrected chi connectivity index (χ4v) is 8.57. The van der Waals surface area contributed by atoms with Gasteiger partial charge in [-0.2, -0.15) is 0 Å². The highest BCUT2D eigenvalue weighted by Gasteiger charge is 2.60. The van der Waals surface area contributed by atoms with E-state index >= 15 is 0 Å². The summed E-state index contributed by atoms with van der Waals surface area (Å²) in [4.78, 5) is 23.1. The van der Waals surface area contributed by atoms with Gasteiger partial charge in [-0.1, -0.05) is 20.8 Å². The van der Waals surface area contributed by atoms with Crippen molar-refractivity contribution in [1.29, 1.82) is 0 Å². The van der Waals surface area contributed by atoms with Gasteiger partial charge < -0.3 is 5.11 Å². The van der Waals surface area contributed by atoms with Crippen molar-refractivity contribution in [3.8, 4) is 0 Å². The molecule has 0 saturated heterocycles. The van der Waals surface area contributed by atoms with Crippen molar-refractivity contribution in [2.45, 2.75) is 91.4 Å². The molecule has 4 rings (SSSR count). The zero-order chi connectivity index (χ0) is 19.4. The molecule has 4 aliphatic rings. The van der Waals surface area contributed by atoms with E-state index in [1.165, 1.54) is 38.5 Å². The van der Waals surface area contributed by atoms with Crippen LogP contribution in [-0.2, 0) is 9.59 Å². The van der Waals surface area contributed by atoms with Crippen LogP contribution in [0.2, 0.25) is 0 Å². The second-order valence-corrected chi connectivity index (χ2v) is 11.0. The molecule has 0 amide bonds. The van der Waals surface area contributed by atoms with Crippen LogP contribution in [0.1, 0.15) is 91.4 Å². The summed E-state index contributed by atoms with van der Waals surface area (Å²) >= 11 is 0. The van der Waals surface area contributed by atoms with E-state index in [0.717, 1.165) is 43.4 Å². The van der Waals surface area contributed by atoms with Crippen molar-refractivity contribution >= 4 is 11.8 Å². The van der Waals surface area contributed by atoms with Gasteiger partial charge in [0.15, 0.2) is 0 Å². The molecule has 3 heteroatoms. The third-order valence-corrected chi connectivity index (χ3v) is 10.1. The van der Waals surface area contributed by atoms with Crippen LogP contribution in [-0.4, -0.2) is 16.9 Å². The fourth-order valence-electron chi connectivity index (χ4n) is 8.57. The lowest BCUT2D eigenvalue weighted by molar-refractivity contribution is -0.140. The Hall–Kier alpha value is -0.860. The number of hydrogen-bond donors (Lipinski definition) is 1. The van der Waals surface area contributed by atoms with Gasteiger partial charge in [0.05, 0.1) is 0 Å². The minimum absolute atomic E-state index is 0.318. The Morgan fingerprint density at radius 3 is 2.56 bits per heavy atom. The van der Waals surface area contributed by atoms with Gasteiger partial charge in [-0.05, 0) is 97.7 Å². The molecular weight excluding hydrogens is 336 g/mol. The van der Waals surface area contributed by atoms with E-state index in [1.54, 1.807) is 0 Å². The first-order valence-electron chi connectivity index (χ1n) is 11.5. The van der Waals surface area contributed by atoms with Gasteiger partial charge in [0.25, 0.3) is 0 Å². The van der Waals surface area contributed by atoms with E-state index < -0.39 is 5.97 Å². The zero-order valence-electron chi connectivity index (χ0n) is 17.5. The Bertz CT molecular complexity index is 613. The lowest BCUT2D eigenvalue weighted by atomic mass is 9.44. The van der Waals surface area contributed by atoms with E-state index in [2.05, 4.69) is 20.8 Å². The molecule has 4 fully saturated rings. The highest BCUT2D eigenvalue weighted by atomic mass is 16.4. The zero-order valence-corrected chi connectivity index (χ0v) is 17.5. The molecule has 3 unspecified atom stereocenters. The van der Waals surface area contributed by atoms with Crippen molar-refractivity contribution in [2.75, 3.05) is 0 Å². The number of carbonyl (C=O) groups is 2. The largest absolute Gasteiger partial charge is 0.481 e. The molecule has 0 aromatic carbocycles. The van der Waals surface area contributed by atoms with Crippen LogP contribution in [0.25, 0.3) is 0 Å². The number of carboxylic acids is 1. The van der Waals surface area contributed by atoms with E-state index in [4.69, 9.17) is 5.11 Å². The van der Waals surface area contributed by atoms with Gasteiger partial charge in [-0.25, -0.2) is 0 Å². The number of carbonyl (C=O) groups excluding carboxylic acids is 1. The van der Waals surface area contributed by atoms with Gasteiger partial charge in [-0.15, -0.1) is 0 Å². The normalized spacial score (nSPS) is 47.7. The summed E-state index contributed by atoms with van der Waals surface area (Å²) < 4.78 is 0. The Kier molecular flexibility index (Phi) is 4.96. The quantitative estimate of drug-likeness (QED) is 0.685. The van der Waals surface area contributed by atoms with Crippen LogP contribution in [0.3, 0.4) is 0 Å². The second-order valence-electron chi connectivity index (χ2n) is 11.0. The standard InChI is InChI=1S/C24H38O3/c1-15(4-9-22(26)27)19-7-8-20-18-6-5-16-14-17(25)10-12-23(16,2)21(18)11-13-24(19,20)3/h15-16,18-21H,4-14H2,1-3H3,(H,26,27)/t15-,16-,18?,19?,20+,21?,23+,24-/m1/s1. The predicted octanol–water partition coefficient (Wildman–Crippen LogP) is 5.72. The molecule has 0 bridgehead atoms. The summed E-state index contributed by atoms with van der Waals surface area (Å²) in [5, 5.41) is 9.09. The molecule has 1 N–H and O–H groups in total. The monoisotopic (exact) mass is 374 g/mol. The lowest BCUT2D eigenvalue weighted by Gasteiger charge is -2.60. The Balaban J connectivity index is 1.52. The van der Waals surface area contributed by atoms with Gasteiger partial charge in [0, 0.05) is 19.3 Å². The van der Waals surface area contributed by atoms with E-state index in [1.807, 2.05) is 0 Å². The molecule has 4 aliphatic carbocycles. The van der Waals surface area contributed by atoms with Crippen molar-refractivity contribution in [3.05, 3.63) is 0 Å². The average molecular weight is 375 g/mol. The van der Waals surface area contributed by atoms with E-state index in [-0.39, 0.29) is 0 Å². The van der Waals surface area contributed by atoms with Crippen molar-refractivity contribution in [1.82, 2.24) is 0 Å². The number of rotatable bonds is 4. The minimum Gasteiger partial charge on any atom is -0.481 e. The summed E-state index contributed by atoms with van der Waals surface area (Å²) in [6, 6.07) is 0. The second kappa shape index (κ2) is 6.88. The maximum Gasteiger partial charge on any atom is 0.303 e. The van der Waals surface area contributed by atoms with E-state index in [0.29, 0.717) is 40.8 Å². The van der Waals surface area contributed by atoms with Crippen LogP contribution in [0, 0.1) is 46.3 Å². The molecule has 0 aromatic rings. The van der Waals surface area contributed by atoms with Crippen LogP contribution in [0.15, 0.2) is 0 Å². The number of fused-ring (bicyclic) bond motifs is 5. The first-order chi connectivity index (χ1) is 12.8. The third kappa shape index (κ3) is 3.08. The van der Waals surface area contributed by atoms with E-state index in [9.17, 15) is 9.59 Å². The van der Waals surface area contributed by atoms with Crippen LogP contribution >= 0.6 is 0 Å². The first kappa shape index (κ1) is 19.5. The predicted molar refractivity (Wildman–Crippen MR) is 106 cm³/mol. The summed E-state index contributed by atoms with van der Waals surface area (Å²) in [5.74, 6) is 4.19. The van der Waals surface area contributed by atoms with Crippen LogP contribution in [0.5, 0.6) is 0 Å². The lowest BCUT2D eigenvalue weighted by Crippen LogP contribution is -2.53. The maximum atomic E-state index is 12.0. The van der Waals surface area contributed by atoms with Gasteiger partial charge in [0.2, 0.25) is 0 Å². The summed E-state index contributed by atoms with van der Waals surface area (Å²) in [6.07, 6.45) is 11.8. The summed E-state index contributed by atoms with van der Waals surface area (Å²) in [6.45, 7) is 7.37. The molecule has 8 atom stereocenters. The minimum atomic E-state index is -0.650. The molecule has 0 heterocycles. The molecule has 0 radical (unpaired) electrons.